The fourth-order valence-corrected chi connectivity index (χ4v) is 4.25. The Morgan fingerprint density at radius 3 is 2.71 bits per heavy atom. The Morgan fingerprint density at radius 1 is 1.18 bits per heavy atom. The van der Waals surface area contributed by atoms with Crippen LogP contribution in [0.3, 0.4) is 0 Å². The van der Waals surface area contributed by atoms with Crippen molar-refractivity contribution in [3.63, 3.8) is 0 Å². The Balaban J connectivity index is 1.62. The lowest BCUT2D eigenvalue weighted by molar-refractivity contribution is -0.0277. The van der Waals surface area contributed by atoms with Gasteiger partial charge in [0, 0.05) is 44.5 Å². The number of anilines is 2. The summed E-state index contributed by atoms with van der Waals surface area (Å²) in [5.74, 6) is 0.958. The zero-order chi connectivity index (χ0) is 19.9. The topological polar surface area (TPSA) is 65.3 Å². The van der Waals surface area contributed by atoms with Crippen molar-refractivity contribution in [2.24, 2.45) is 0 Å². The molecule has 0 atom stereocenters. The summed E-state index contributed by atoms with van der Waals surface area (Å²) >= 11 is 0. The van der Waals surface area contributed by atoms with Crippen LogP contribution >= 0.6 is 0 Å². The summed E-state index contributed by atoms with van der Waals surface area (Å²) in [4.78, 5) is 14.2. The molecule has 0 spiro atoms. The Labute approximate surface area is 166 Å². The second kappa shape index (κ2) is 7.06. The van der Waals surface area contributed by atoms with Gasteiger partial charge in [-0.15, -0.1) is 0 Å². The van der Waals surface area contributed by atoms with E-state index >= 15 is 0 Å². The molecule has 0 N–H and O–H groups in total. The zero-order valence-corrected chi connectivity index (χ0v) is 17.1. The molecule has 2 aliphatic heterocycles. The maximum atomic E-state index is 9.09. The lowest BCUT2D eigenvalue weighted by Gasteiger charge is -2.40. The smallest absolute Gasteiger partial charge is 0.131 e. The van der Waals surface area contributed by atoms with Crippen LogP contribution in [0.2, 0.25) is 0 Å². The largest absolute Gasteiger partial charge is 0.372 e. The van der Waals surface area contributed by atoms with E-state index in [1.54, 1.807) is 6.20 Å². The monoisotopic (exact) mass is 377 g/mol. The minimum Gasteiger partial charge on any atom is -0.372 e. The molecule has 1 saturated heterocycles. The van der Waals surface area contributed by atoms with Gasteiger partial charge in [-0.25, -0.2) is 4.98 Å². The summed E-state index contributed by atoms with van der Waals surface area (Å²) in [5.41, 5.74) is 6.26. The third kappa shape index (κ3) is 3.55. The average Bonchev–Trinajstić information content (AvgIpc) is 2.66. The quantitative estimate of drug-likeness (QED) is 0.801. The molecule has 2 aromatic heterocycles. The van der Waals surface area contributed by atoms with Crippen LogP contribution in [0.4, 0.5) is 11.5 Å². The molecular weight excluding hydrogens is 350 g/mol. The van der Waals surface area contributed by atoms with Gasteiger partial charge in [-0.2, -0.15) is 5.26 Å². The molecule has 6 nitrogen and oxygen atoms in total. The molecule has 0 bridgehead atoms. The van der Waals surface area contributed by atoms with Gasteiger partial charge in [-0.05, 0) is 51.0 Å². The molecule has 1 fully saturated rings. The molecule has 0 unspecified atom stereocenters. The molecule has 4 rings (SSSR count). The molecule has 6 heteroatoms. The maximum Gasteiger partial charge on any atom is 0.131 e. The predicted molar refractivity (Wildman–Crippen MR) is 110 cm³/mol. The van der Waals surface area contributed by atoms with Crippen LogP contribution in [0, 0.1) is 25.2 Å². The second-order valence-electron chi connectivity index (χ2n) is 8.38. The number of rotatable bonds is 2. The van der Waals surface area contributed by atoms with Gasteiger partial charge < -0.3 is 14.5 Å². The lowest BCUT2D eigenvalue weighted by atomic mass is 10.0. The Morgan fingerprint density at radius 2 is 2.00 bits per heavy atom. The number of morpholine rings is 1. The first-order valence-electron chi connectivity index (χ1n) is 9.86. The van der Waals surface area contributed by atoms with E-state index in [9.17, 15) is 0 Å². The normalized spacial score (nSPS) is 18.5. The molecule has 0 aromatic carbocycles. The van der Waals surface area contributed by atoms with Gasteiger partial charge in [-0.3, -0.25) is 4.98 Å². The highest BCUT2D eigenvalue weighted by molar-refractivity contribution is 5.57. The molecule has 0 saturated carbocycles. The number of nitrogens with zero attached hydrogens (tertiary/aromatic N) is 5. The maximum absolute atomic E-state index is 9.09. The SMILES string of the molecule is Cc1cc(C#N)cnc1N1CCc2nc(C)c(N3CCOC(C)(C)C3)cc2C1. The fourth-order valence-electron chi connectivity index (χ4n) is 4.25. The number of fused-ring (bicyclic) bond motifs is 1. The van der Waals surface area contributed by atoms with E-state index in [2.05, 4.69) is 47.7 Å². The van der Waals surface area contributed by atoms with Crippen molar-refractivity contribution in [3.8, 4) is 6.07 Å². The Hall–Kier alpha value is -2.65. The molecule has 0 radical (unpaired) electrons. The van der Waals surface area contributed by atoms with E-state index < -0.39 is 0 Å². The van der Waals surface area contributed by atoms with E-state index in [0.717, 1.165) is 56.3 Å². The molecule has 4 heterocycles. The fraction of sp³-hybridized carbons (Fsp3) is 0.500. The summed E-state index contributed by atoms with van der Waals surface area (Å²) in [6.45, 7) is 12.6. The third-order valence-corrected chi connectivity index (χ3v) is 5.58. The second-order valence-corrected chi connectivity index (χ2v) is 8.38. The lowest BCUT2D eigenvalue weighted by Crippen LogP contribution is -2.48. The molecule has 0 amide bonds. The van der Waals surface area contributed by atoms with Gasteiger partial charge in [0.2, 0.25) is 0 Å². The van der Waals surface area contributed by atoms with Gasteiger partial charge in [-0.1, -0.05) is 0 Å². The predicted octanol–water partition coefficient (Wildman–Crippen LogP) is 3.14. The van der Waals surface area contributed by atoms with Crippen LogP contribution in [-0.2, 0) is 17.7 Å². The number of hydrogen-bond donors (Lipinski definition) is 0. The molecule has 28 heavy (non-hydrogen) atoms. The van der Waals surface area contributed by atoms with Crippen LogP contribution < -0.4 is 9.80 Å². The summed E-state index contributed by atoms with van der Waals surface area (Å²) < 4.78 is 5.87. The first-order valence-corrected chi connectivity index (χ1v) is 9.86. The van der Waals surface area contributed by atoms with E-state index in [1.807, 2.05) is 13.0 Å². The Kier molecular flexibility index (Phi) is 4.72. The number of hydrogen-bond acceptors (Lipinski definition) is 6. The van der Waals surface area contributed by atoms with Crippen LogP contribution in [0.15, 0.2) is 18.3 Å². The van der Waals surface area contributed by atoms with Gasteiger partial charge >= 0.3 is 0 Å². The number of pyridine rings is 2. The number of nitriles is 1. The highest BCUT2D eigenvalue weighted by Crippen LogP contribution is 2.31. The van der Waals surface area contributed by atoms with E-state index in [4.69, 9.17) is 15.0 Å². The zero-order valence-electron chi connectivity index (χ0n) is 17.1. The van der Waals surface area contributed by atoms with Gasteiger partial charge in [0.05, 0.1) is 29.2 Å². The summed E-state index contributed by atoms with van der Waals surface area (Å²) in [5, 5.41) is 9.09. The van der Waals surface area contributed by atoms with Crippen LogP contribution in [0.25, 0.3) is 0 Å². The van der Waals surface area contributed by atoms with Gasteiger partial charge in [0.25, 0.3) is 0 Å². The van der Waals surface area contributed by atoms with Crippen molar-refractivity contribution < 1.29 is 4.74 Å². The molecule has 0 aliphatic carbocycles. The van der Waals surface area contributed by atoms with Crippen molar-refractivity contribution in [3.05, 3.63) is 46.4 Å². The highest BCUT2D eigenvalue weighted by Gasteiger charge is 2.29. The van der Waals surface area contributed by atoms with E-state index in [1.165, 1.54) is 16.9 Å². The first kappa shape index (κ1) is 18.7. The van der Waals surface area contributed by atoms with Crippen LogP contribution in [-0.4, -0.2) is 41.8 Å². The van der Waals surface area contributed by atoms with Crippen LogP contribution in [0.1, 0.15) is 41.9 Å². The van der Waals surface area contributed by atoms with E-state index in [-0.39, 0.29) is 5.60 Å². The van der Waals surface area contributed by atoms with Crippen molar-refractivity contribution in [2.75, 3.05) is 36.0 Å². The van der Waals surface area contributed by atoms with Crippen molar-refractivity contribution in [1.29, 1.82) is 5.26 Å². The number of aromatic nitrogens is 2. The molecular formula is C22H27N5O. The van der Waals surface area contributed by atoms with Crippen molar-refractivity contribution >= 4 is 11.5 Å². The Bertz CT molecular complexity index is 947. The van der Waals surface area contributed by atoms with Gasteiger partial charge in [0.15, 0.2) is 0 Å². The molecule has 2 aromatic rings. The van der Waals surface area contributed by atoms with E-state index in [0.29, 0.717) is 5.56 Å². The molecule has 2 aliphatic rings. The number of ether oxygens (including phenoxy) is 1. The van der Waals surface area contributed by atoms with Crippen molar-refractivity contribution in [1.82, 2.24) is 9.97 Å². The summed E-state index contributed by atoms with van der Waals surface area (Å²) in [6, 6.07) is 6.38. The third-order valence-electron chi connectivity index (χ3n) is 5.58. The minimum absolute atomic E-state index is 0.143. The summed E-state index contributed by atoms with van der Waals surface area (Å²) in [6.07, 6.45) is 2.57. The highest BCUT2D eigenvalue weighted by atomic mass is 16.5. The standard InChI is InChI=1S/C22H27N5O/c1-15-9-17(11-23)12-24-21(15)26-6-5-19-18(13-26)10-20(16(2)25-19)27-7-8-28-22(3,4)14-27/h9-10,12H,5-8,13-14H2,1-4H3. The van der Waals surface area contributed by atoms with Crippen LogP contribution in [0.5, 0.6) is 0 Å². The summed E-state index contributed by atoms with van der Waals surface area (Å²) in [7, 11) is 0. The first-order chi connectivity index (χ1) is 13.4. The minimum atomic E-state index is -0.143. The van der Waals surface area contributed by atoms with Gasteiger partial charge in [0.1, 0.15) is 11.9 Å². The van der Waals surface area contributed by atoms with Crippen molar-refractivity contribution in [2.45, 2.75) is 46.3 Å². The average molecular weight is 377 g/mol. The molecule has 146 valence electrons. The number of aryl methyl sites for hydroxylation is 2.